The maximum Gasteiger partial charge on any atom is 0.137 e. The number of benzene rings is 1. The summed E-state index contributed by atoms with van der Waals surface area (Å²) >= 11 is 3.46. The molecule has 15 heavy (non-hydrogen) atoms. The first-order chi connectivity index (χ1) is 7.24. The van der Waals surface area contributed by atoms with Crippen molar-refractivity contribution in [1.29, 1.82) is 0 Å². The van der Waals surface area contributed by atoms with Crippen molar-refractivity contribution < 1.29 is 5.11 Å². The van der Waals surface area contributed by atoms with Crippen LogP contribution in [0.4, 0.5) is 0 Å². The minimum absolute atomic E-state index is 0.334. The number of aromatic hydroxyl groups is 1. The highest BCUT2D eigenvalue weighted by atomic mass is 79.9. The Labute approximate surface area is 97.9 Å². The van der Waals surface area contributed by atoms with Crippen LogP contribution in [0, 0.1) is 0 Å². The number of rotatable bonds is 2. The fraction of sp³-hybridized carbons (Fsp3) is 0.333. The summed E-state index contributed by atoms with van der Waals surface area (Å²) in [7, 11) is 0. The molecule has 0 spiro atoms. The predicted molar refractivity (Wildman–Crippen MR) is 65.9 cm³/mol. The van der Waals surface area contributed by atoms with Crippen LogP contribution in [0.3, 0.4) is 0 Å². The second-order valence-corrected chi connectivity index (χ2v) is 4.55. The summed E-state index contributed by atoms with van der Waals surface area (Å²) in [6.07, 6.45) is 7.07. The molecule has 0 fully saturated rings. The molecule has 3 heteroatoms. The molecule has 1 aromatic rings. The number of phenolic OH excluding ortho intramolecular Hbond substituents is 1. The summed E-state index contributed by atoms with van der Waals surface area (Å²) in [6.45, 7) is 0.494. The van der Waals surface area contributed by atoms with E-state index in [0.717, 1.165) is 22.9 Å². The van der Waals surface area contributed by atoms with Crippen molar-refractivity contribution in [2.45, 2.75) is 19.3 Å². The van der Waals surface area contributed by atoms with Crippen LogP contribution in [0.1, 0.15) is 23.1 Å². The van der Waals surface area contributed by atoms with Crippen LogP contribution >= 0.6 is 15.9 Å². The van der Waals surface area contributed by atoms with Crippen molar-refractivity contribution in [3.8, 4) is 5.75 Å². The van der Waals surface area contributed by atoms with Gasteiger partial charge < -0.3 is 10.8 Å². The minimum atomic E-state index is 0.334. The number of fused-ring (bicyclic) bond motifs is 1. The van der Waals surface area contributed by atoms with Gasteiger partial charge in [0.2, 0.25) is 0 Å². The first-order valence-electron chi connectivity index (χ1n) is 5.14. The van der Waals surface area contributed by atoms with Crippen LogP contribution in [0.2, 0.25) is 0 Å². The molecule has 0 saturated carbocycles. The van der Waals surface area contributed by atoms with Crippen LogP contribution in [-0.2, 0) is 12.8 Å². The first-order valence-corrected chi connectivity index (χ1v) is 5.93. The molecular formula is C12H14BrNO. The van der Waals surface area contributed by atoms with E-state index in [0.29, 0.717) is 12.3 Å². The lowest BCUT2D eigenvalue weighted by Gasteiger charge is -2.08. The van der Waals surface area contributed by atoms with E-state index in [1.807, 2.05) is 12.2 Å². The molecule has 3 N–H and O–H groups in total. The highest BCUT2D eigenvalue weighted by molar-refractivity contribution is 9.10. The summed E-state index contributed by atoms with van der Waals surface area (Å²) < 4.78 is 0.856. The third-order valence-electron chi connectivity index (χ3n) is 2.77. The van der Waals surface area contributed by atoms with Crippen molar-refractivity contribution in [1.82, 2.24) is 0 Å². The van der Waals surface area contributed by atoms with Crippen LogP contribution in [0.25, 0.3) is 6.08 Å². The molecule has 0 bridgehead atoms. The van der Waals surface area contributed by atoms with Crippen molar-refractivity contribution in [2.24, 2.45) is 5.73 Å². The Morgan fingerprint density at radius 3 is 3.00 bits per heavy atom. The first kappa shape index (κ1) is 10.7. The Morgan fingerprint density at radius 1 is 1.47 bits per heavy atom. The molecular weight excluding hydrogens is 254 g/mol. The summed E-state index contributed by atoms with van der Waals surface area (Å²) in [5, 5.41) is 9.95. The van der Waals surface area contributed by atoms with E-state index in [1.165, 1.54) is 17.5 Å². The second-order valence-electron chi connectivity index (χ2n) is 3.76. The lowest BCUT2D eigenvalue weighted by atomic mass is 10.0. The van der Waals surface area contributed by atoms with Gasteiger partial charge in [0, 0.05) is 12.1 Å². The van der Waals surface area contributed by atoms with Gasteiger partial charge >= 0.3 is 0 Å². The summed E-state index contributed by atoms with van der Waals surface area (Å²) in [5.41, 5.74) is 8.86. The van der Waals surface area contributed by atoms with Crippen molar-refractivity contribution in [3.05, 3.63) is 33.3 Å². The van der Waals surface area contributed by atoms with Gasteiger partial charge in [-0.25, -0.2) is 0 Å². The predicted octanol–water partition coefficient (Wildman–Crippen LogP) is 2.62. The fourth-order valence-corrected chi connectivity index (χ4v) is 2.71. The Bertz CT molecular complexity index is 413. The highest BCUT2D eigenvalue weighted by Crippen LogP contribution is 2.38. The average Bonchev–Trinajstić information content (AvgIpc) is 2.69. The van der Waals surface area contributed by atoms with Crippen molar-refractivity contribution in [3.63, 3.8) is 0 Å². The fourth-order valence-electron chi connectivity index (χ4n) is 2.02. The average molecular weight is 268 g/mol. The third kappa shape index (κ3) is 1.94. The zero-order valence-corrected chi connectivity index (χ0v) is 10.0. The molecule has 0 atom stereocenters. The maximum absolute atomic E-state index is 9.95. The van der Waals surface area contributed by atoms with Crippen LogP contribution < -0.4 is 5.73 Å². The molecule has 0 saturated heterocycles. The number of aryl methyl sites for hydroxylation is 1. The van der Waals surface area contributed by atoms with Crippen LogP contribution in [0.5, 0.6) is 5.75 Å². The van der Waals surface area contributed by atoms with Crippen molar-refractivity contribution in [2.75, 3.05) is 6.54 Å². The van der Waals surface area contributed by atoms with E-state index in [2.05, 4.69) is 22.0 Å². The zero-order valence-electron chi connectivity index (χ0n) is 8.46. The van der Waals surface area contributed by atoms with Gasteiger partial charge in [-0.05, 0) is 52.4 Å². The minimum Gasteiger partial charge on any atom is -0.506 e. The van der Waals surface area contributed by atoms with E-state index in [1.54, 1.807) is 0 Å². The lowest BCUT2D eigenvalue weighted by molar-refractivity contribution is 0.470. The third-order valence-corrected chi connectivity index (χ3v) is 3.62. The number of halogens is 1. The highest BCUT2D eigenvalue weighted by Gasteiger charge is 2.18. The number of nitrogens with two attached hydrogens (primary N) is 1. The molecule has 0 amide bonds. The van der Waals surface area contributed by atoms with E-state index in [-0.39, 0.29) is 0 Å². The van der Waals surface area contributed by atoms with Gasteiger partial charge in [0.15, 0.2) is 0 Å². The molecule has 1 aliphatic carbocycles. The Hall–Kier alpha value is -0.800. The topological polar surface area (TPSA) is 46.2 Å². The molecule has 1 aromatic carbocycles. The SMILES string of the molecule is NC/C=C/c1cc2c(c(Br)c1O)CCC2. The monoisotopic (exact) mass is 267 g/mol. The van der Waals surface area contributed by atoms with E-state index in [9.17, 15) is 5.11 Å². The summed E-state index contributed by atoms with van der Waals surface area (Å²) in [5.74, 6) is 0.334. The van der Waals surface area contributed by atoms with Crippen molar-refractivity contribution >= 4 is 22.0 Å². The summed E-state index contributed by atoms with van der Waals surface area (Å²) in [6, 6.07) is 2.06. The van der Waals surface area contributed by atoms with Gasteiger partial charge in [-0.3, -0.25) is 0 Å². The smallest absolute Gasteiger partial charge is 0.137 e. The zero-order chi connectivity index (χ0) is 10.8. The van der Waals surface area contributed by atoms with Crippen LogP contribution in [0.15, 0.2) is 16.6 Å². The normalized spacial score (nSPS) is 14.8. The summed E-state index contributed by atoms with van der Waals surface area (Å²) in [4.78, 5) is 0. The van der Waals surface area contributed by atoms with E-state index >= 15 is 0 Å². The molecule has 0 heterocycles. The largest absolute Gasteiger partial charge is 0.506 e. The Morgan fingerprint density at radius 2 is 2.27 bits per heavy atom. The van der Waals surface area contributed by atoms with Gasteiger partial charge in [0.25, 0.3) is 0 Å². The number of phenols is 1. The van der Waals surface area contributed by atoms with Gasteiger partial charge in [-0.2, -0.15) is 0 Å². The molecule has 80 valence electrons. The number of hydrogen-bond donors (Lipinski definition) is 2. The van der Waals surface area contributed by atoms with Gasteiger partial charge in [0.05, 0.1) is 4.47 Å². The van der Waals surface area contributed by atoms with Crippen LogP contribution in [-0.4, -0.2) is 11.7 Å². The maximum atomic E-state index is 9.95. The molecule has 0 unspecified atom stereocenters. The second kappa shape index (κ2) is 4.37. The van der Waals surface area contributed by atoms with Gasteiger partial charge in [-0.1, -0.05) is 12.2 Å². The standard InChI is InChI=1S/C12H14BrNO/c13-11-10-5-1-3-8(10)7-9(12(11)15)4-2-6-14/h2,4,7,15H,1,3,5-6,14H2/b4-2+. The van der Waals surface area contributed by atoms with E-state index in [4.69, 9.17) is 5.73 Å². The molecule has 0 aliphatic heterocycles. The number of hydrogen-bond acceptors (Lipinski definition) is 2. The molecule has 2 nitrogen and oxygen atoms in total. The lowest BCUT2D eigenvalue weighted by Crippen LogP contribution is -1.93. The van der Waals surface area contributed by atoms with E-state index < -0.39 is 0 Å². The quantitative estimate of drug-likeness (QED) is 0.866. The molecule has 2 rings (SSSR count). The van der Waals surface area contributed by atoms with Gasteiger partial charge in [0.1, 0.15) is 5.75 Å². The molecule has 0 radical (unpaired) electrons. The molecule has 1 aliphatic rings. The van der Waals surface area contributed by atoms with Gasteiger partial charge in [-0.15, -0.1) is 0 Å². The Kier molecular flexibility index (Phi) is 3.12. The Balaban J connectivity index is 2.49. The molecule has 0 aromatic heterocycles.